The van der Waals surface area contributed by atoms with Gasteiger partial charge in [0.2, 0.25) is 0 Å². The van der Waals surface area contributed by atoms with Gasteiger partial charge >= 0.3 is 6.03 Å². The van der Waals surface area contributed by atoms with Crippen LogP contribution in [0.25, 0.3) is 0 Å². The second-order valence-electron chi connectivity index (χ2n) is 5.50. The standard InChI is InChI=1S/C19H24N2O4/c1-14-4-9-17(18(12-14)24-3)21-19(22)20-13-15-5-7-16(8-6-15)25-11-10-23-2/h4-9,12H,10-11,13H2,1-3H3,(H2,20,21,22). The van der Waals surface area contributed by atoms with Crippen molar-refractivity contribution in [3.63, 3.8) is 0 Å². The van der Waals surface area contributed by atoms with Crippen LogP contribution in [-0.4, -0.2) is 33.5 Å². The number of hydrogen-bond donors (Lipinski definition) is 2. The van der Waals surface area contributed by atoms with Crippen molar-refractivity contribution in [3.8, 4) is 11.5 Å². The van der Waals surface area contributed by atoms with Crippen LogP contribution in [0.1, 0.15) is 11.1 Å². The number of aryl methyl sites for hydroxylation is 1. The van der Waals surface area contributed by atoms with Gasteiger partial charge in [0.25, 0.3) is 0 Å². The van der Waals surface area contributed by atoms with Crippen molar-refractivity contribution in [3.05, 3.63) is 53.6 Å². The molecule has 2 rings (SSSR count). The van der Waals surface area contributed by atoms with Crippen LogP contribution in [0, 0.1) is 6.92 Å². The molecule has 6 heteroatoms. The minimum atomic E-state index is -0.289. The number of amides is 2. The first-order valence-corrected chi connectivity index (χ1v) is 8.02. The molecule has 0 spiro atoms. The molecule has 134 valence electrons. The summed E-state index contributed by atoms with van der Waals surface area (Å²) in [4.78, 5) is 12.1. The molecule has 2 aromatic carbocycles. The monoisotopic (exact) mass is 344 g/mol. The average Bonchev–Trinajstić information content (AvgIpc) is 2.62. The Morgan fingerprint density at radius 2 is 1.80 bits per heavy atom. The Balaban J connectivity index is 1.83. The lowest BCUT2D eigenvalue weighted by molar-refractivity contribution is 0.146. The Morgan fingerprint density at radius 1 is 1.04 bits per heavy atom. The SMILES string of the molecule is COCCOc1ccc(CNC(=O)Nc2ccc(C)cc2OC)cc1. The van der Waals surface area contributed by atoms with Crippen LogP contribution in [0.3, 0.4) is 0 Å². The molecule has 0 heterocycles. The van der Waals surface area contributed by atoms with E-state index >= 15 is 0 Å². The summed E-state index contributed by atoms with van der Waals surface area (Å²) < 4.78 is 15.7. The quantitative estimate of drug-likeness (QED) is 0.721. The van der Waals surface area contributed by atoms with Crippen LogP contribution in [0.15, 0.2) is 42.5 Å². The fourth-order valence-corrected chi connectivity index (χ4v) is 2.20. The van der Waals surface area contributed by atoms with Crippen molar-refractivity contribution in [2.24, 2.45) is 0 Å². The molecule has 0 aliphatic heterocycles. The Bertz CT molecular complexity index is 686. The molecule has 0 saturated carbocycles. The summed E-state index contributed by atoms with van der Waals surface area (Å²) in [7, 11) is 3.21. The summed E-state index contributed by atoms with van der Waals surface area (Å²) in [5.41, 5.74) is 2.67. The van der Waals surface area contributed by atoms with E-state index in [4.69, 9.17) is 14.2 Å². The lowest BCUT2D eigenvalue weighted by Crippen LogP contribution is -2.28. The number of anilines is 1. The van der Waals surface area contributed by atoms with Crippen LogP contribution in [0.2, 0.25) is 0 Å². The summed E-state index contributed by atoms with van der Waals surface area (Å²) in [6, 6.07) is 12.9. The zero-order chi connectivity index (χ0) is 18.1. The third-order valence-electron chi connectivity index (χ3n) is 3.54. The van der Waals surface area contributed by atoms with Crippen LogP contribution in [-0.2, 0) is 11.3 Å². The van der Waals surface area contributed by atoms with E-state index in [2.05, 4.69) is 10.6 Å². The van der Waals surface area contributed by atoms with E-state index < -0.39 is 0 Å². The molecular weight excluding hydrogens is 320 g/mol. The maximum absolute atomic E-state index is 12.1. The number of rotatable bonds is 8. The molecule has 6 nitrogen and oxygen atoms in total. The van der Waals surface area contributed by atoms with Gasteiger partial charge in [0.05, 0.1) is 19.4 Å². The number of carbonyl (C=O) groups excluding carboxylic acids is 1. The molecule has 25 heavy (non-hydrogen) atoms. The zero-order valence-corrected chi connectivity index (χ0v) is 14.8. The highest BCUT2D eigenvalue weighted by atomic mass is 16.5. The third-order valence-corrected chi connectivity index (χ3v) is 3.54. The molecule has 0 bridgehead atoms. The van der Waals surface area contributed by atoms with Gasteiger partial charge in [-0.05, 0) is 42.3 Å². The highest BCUT2D eigenvalue weighted by Crippen LogP contribution is 2.25. The van der Waals surface area contributed by atoms with Gasteiger partial charge < -0.3 is 24.8 Å². The molecule has 0 atom stereocenters. The second-order valence-corrected chi connectivity index (χ2v) is 5.50. The van der Waals surface area contributed by atoms with Gasteiger partial charge in [0.1, 0.15) is 18.1 Å². The molecule has 0 radical (unpaired) electrons. The van der Waals surface area contributed by atoms with E-state index in [1.807, 2.05) is 49.4 Å². The number of benzene rings is 2. The number of ether oxygens (including phenoxy) is 3. The van der Waals surface area contributed by atoms with Crippen molar-refractivity contribution >= 4 is 11.7 Å². The molecule has 2 N–H and O–H groups in total. The average molecular weight is 344 g/mol. The molecule has 0 aliphatic rings. The topological polar surface area (TPSA) is 68.8 Å². The summed E-state index contributed by atoms with van der Waals surface area (Å²) in [6.07, 6.45) is 0. The number of methoxy groups -OCH3 is 2. The van der Waals surface area contributed by atoms with E-state index in [1.165, 1.54) is 0 Å². The Kier molecular flexibility index (Phi) is 7.10. The number of urea groups is 1. The molecule has 0 fully saturated rings. The van der Waals surface area contributed by atoms with E-state index in [0.717, 1.165) is 16.9 Å². The molecule has 0 aromatic heterocycles. The molecule has 0 unspecified atom stereocenters. The summed E-state index contributed by atoms with van der Waals surface area (Å²) in [5.74, 6) is 1.40. The number of carbonyl (C=O) groups is 1. The number of hydrogen-bond acceptors (Lipinski definition) is 4. The summed E-state index contributed by atoms with van der Waals surface area (Å²) >= 11 is 0. The van der Waals surface area contributed by atoms with E-state index in [1.54, 1.807) is 14.2 Å². The summed E-state index contributed by atoms with van der Waals surface area (Å²) in [6.45, 7) is 3.44. The normalized spacial score (nSPS) is 10.2. The van der Waals surface area contributed by atoms with Crippen LogP contribution in [0.5, 0.6) is 11.5 Å². The van der Waals surface area contributed by atoms with Gasteiger partial charge in [0, 0.05) is 13.7 Å². The zero-order valence-electron chi connectivity index (χ0n) is 14.8. The first-order valence-electron chi connectivity index (χ1n) is 8.02. The van der Waals surface area contributed by atoms with Gasteiger partial charge in [-0.15, -0.1) is 0 Å². The second kappa shape index (κ2) is 9.54. The highest BCUT2D eigenvalue weighted by Gasteiger charge is 2.07. The van der Waals surface area contributed by atoms with Gasteiger partial charge in [-0.3, -0.25) is 0 Å². The van der Waals surface area contributed by atoms with Crippen LogP contribution >= 0.6 is 0 Å². The van der Waals surface area contributed by atoms with Crippen molar-refractivity contribution < 1.29 is 19.0 Å². The van der Waals surface area contributed by atoms with E-state index in [-0.39, 0.29) is 6.03 Å². The Morgan fingerprint density at radius 3 is 2.48 bits per heavy atom. The van der Waals surface area contributed by atoms with Crippen LogP contribution < -0.4 is 20.1 Å². The smallest absolute Gasteiger partial charge is 0.319 e. The van der Waals surface area contributed by atoms with Crippen LogP contribution in [0.4, 0.5) is 10.5 Å². The minimum absolute atomic E-state index is 0.289. The highest BCUT2D eigenvalue weighted by molar-refractivity contribution is 5.90. The largest absolute Gasteiger partial charge is 0.495 e. The fourth-order valence-electron chi connectivity index (χ4n) is 2.20. The molecule has 2 aromatic rings. The van der Waals surface area contributed by atoms with Gasteiger partial charge in [-0.1, -0.05) is 18.2 Å². The van der Waals surface area contributed by atoms with Crippen molar-refractivity contribution in [1.29, 1.82) is 0 Å². The van der Waals surface area contributed by atoms with E-state index in [9.17, 15) is 4.79 Å². The molecule has 0 saturated heterocycles. The molecule has 0 aliphatic carbocycles. The maximum Gasteiger partial charge on any atom is 0.319 e. The minimum Gasteiger partial charge on any atom is -0.495 e. The molecular formula is C19H24N2O4. The first-order chi connectivity index (χ1) is 12.1. The lowest BCUT2D eigenvalue weighted by atomic mass is 10.2. The summed E-state index contributed by atoms with van der Waals surface area (Å²) in [5, 5.41) is 5.61. The van der Waals surface area contributed by atoms with E-state index in [0.29, 0.717) is 31.2 Å². The van der Waals surface area contributed by atoms with Crippen molar-refractivity contribution in [2.75, 3.05) is 32.8 Å². The van der Waals surface area contributed by atoms with Crippen molar-refractivity contribution in [1.82, 2.24) is 5.32 Å². The Hall–Kier alpha value is -2.73. The fraction of sp³-hybridized carbons (Fsp3) is 0.316. The third kappa shape index (κ3) is 6.00. The first kappa shape index (κ1) is 18.6. The number of nitrogens with one attached hydrogen (secondary N) is 2. The van der Waals surface area contributed by atoms with Gasteiger partial charge in [-0.25, -0.2) is 4.79 Å². The van der Waals surface area contributed by atoms with Crippen molar-refractivity contribution in [2.45, 2.75) is 13.5 Å². The Labute approximate surface area is 148 Å². The molecule has 2 amide bonds. The van der Waals surface area contributed by atoms with Gasteiger partial charge in [-0.2, -0.15) is 0 Å². The van der Waals surface area contributed by atoms with Gasteiger partial charge in [0.15, 0.2) is 0 Å². The predicted molar refractivity (Wildman–Crippen MR) is 97.4 cm³/mol. The predicted octanol–water partition coefficient (Wildman–Crippen LogP) is 3.35. The maximum atomic E-state index is 12.1. The lowest BCUT2D eigenvalue weighted by Gasteiger charge is -2.12.